The summed E-state index contributed by atoms with van der Waals surface area (Å²) in [5, 5.41) is 0. The fourth-order valence-electron chi connectivity index (χ4n) is 4.46. The molecule has 0 nitrogen and oxygen atoms in total. The minimum absolute atomic E-state index is 0.216. The molecule has 0 bridgehead atoms. The van der Waals surface area contributed by atoms with E-state index in [0.29, 0.717) is 0 Å². The van der Waals surface area contributed by atoms with Crippen molar-refractivity contribution in [3.05, 3.63) is 34.9 Å². The van der Waals surface area contributed by atoms with Gasteiger partial charge in [-0.25, -0.2) is 0 Å². The Labute approximate surface area is 188 Å². The van der Waals surface area contributed by atoms with Gasteiger partial charge in [-0.15, -0.1) is 11.6 Å². The lowest BCUT2D eigenvalue weighted by Gasteiger charge is -2.25. The van der Waals surface area contributed by atoms with Crippen molar-refractivity contribution in [2.75, 3.05) is 0 Å². The highest BCUT2D eigenvalue weighted by Gasteiger charge is 2.24. The molecule has 1 heteroatoms. The number of alkyl halides is 1. The Bertz CT molecular complexity index is 517. The first-order chi connectivity index (χ1) is 14.0. The van der Waals surface area contributed by atoms with Crippen molar-refractivity contribution in [3.63, 3.8) is 0 Å². The summed E-state index contributed by atoms with van der Waals surface area (Å²) in [7, 11) is 0. The van der Waals surface area contributed by atoms with Gasteiger partial charge >= 0.3 is 0 Å². The van der Waals surface area contributed by atoms with Crippen LogP contribution in [-0.2, 0) is 4.87 Å². The average Bonchev–Trinajstić information content (AvgIpc) is 2.69. The lowest BCUT2D eigenvalue weighted by Crippen LogP contribution is -2.15. The van der Waals surface area contributed by atoms with Gasteiger partial charge in [-0.1, -0.05) is 128 Å². The number of rotatable bonds is 18. The summed E-state index contributed by atoms with van der Waals surface area (Å²) in [5.74, 6) is 0. The molecule has 29 heavy (non-hydrogen) atoms. The van der Waals surface area contributed by atoms with Crippen molar-refractivity contribution in [1.82, 2.24) is 0 Å². The van der Waals surface area contributed by atoms with E-state index in [-0.39, 0.29) is 4.87 Å². The van der Waals surface area contributed by atoms with E-state index in [1.54, 1.807) is 0 Å². The zero-order valence-corrected chi connectivity index (χ0v) is 20.9. The Balaban J connectivity index is 1.94. The molecule has 0 fully saturated rings. The van der Waals surface area contributed by atoms with E-state index in [2.05, 4.69) is 45.9 Å². The van der Waals surface area contributed by atoms with Gasteiger partial charge in [0, 0.05) is 0 Å². The van der Waals surface area contributed by atoms with Gasteiger partial charge in [0.05, 0.1) is 4.87 Å². The molecule has 1 unspecified atom stereocenters. The maximum atomic E-state index is 6.90. The molecule has 168 valence electrons. The smallest absolute Gasteiger partial charge is 0.0669 e. The third-order valence-electron chi connectivity index (χ3n) is 6.67. The lowest BCUT2D eigenvalue weighted by molar-refractivity contribution is 0.508. The Morgan fingerprint density at radius 3 is 1.52 bits per heavy atom. The maximum absolute atomic E-state index is 6.90. The number of benzene rings is 1. The monoisotopic (exact) mass is 420 g/mol. The molecule has 0 amide bonds. The minimum atomic E-state index is -0.216. The molecular formula is C28H49Cl. The van der Waals surface area contributed by atoms with Crippen LogP contribution in [0.5, 0.6) is 0 Å². The number of hydrogen-bond donors (Lipinski definition) is 0. The first-order valence-corrected chi connectivity index (χ1v) is 13.1. The first kappa shape index (κ1) is 26.5. The van der Waals surface area contributed by atoms with Gasteiger partial charge in [-0.2, -0.15) is 0 Å². The summed E-state index contributed by atoms with van der Waals surface area (Å²) in [5.41, 5.74) is 4.03. The first-order valence-electron chi connectivity index (χ1n) is 12.7. The van der Waals surface area contributed by atoms with E-state index >= 15 is 0 Å². The quantitative estimate of drug-likeness (QED) is 0.163. The van der Waals surface area contributed by atoms with E-state index in [9.17, 15) is 0 Å². The normalized spacial score (nSPS) is 13.6. The molecule has 0 aliphatic heterocycles. The molecule has 0 spiro atoms. The van der Waals surface area contributed by atoms with Gasteiger partial charge < -0.3 is 0 Å². The molecule has 1 rings (SSSR count). The number of aryl methyl sites for hydroxylation is 1. The molecule has 0 N–H and O–H groups in total. The van der Waals surface area contributed by atoms with E-state index in [4.69, 9.17) is 11.6 Å². The summed E-state index contributed by atoms with van der Waals surface area (Å²) in [6, 6.07) is 6.54. The molecule has 1 atom stereocenters. The zero-order chi connectivity index (χ0) is 21.4. The summed E-state index contributed by atoms with van der Waals surface area (Å²) < 4.78 is 0. The molecule has 0 heterocycles. The SMILES string of the molecule is CCCCCCCCCCCCCCCCCCC(C)(Cl)c1cccc(C)c1C. The molecule has 1 aromatic rings. The fraction of sp³-hybridized carbons (Fsp3) is 0.786. The van der Waals surface area contributed by atoms with E-state index in [1.165, 1.54) is 119 Å². The van der Waals surface area contributed by atoms with Gasteiger partial charge in [0.2, 0.25) is 0 Å². The Morgan fingerprint density at radius 2 is 1.07 bits per heavy atom. The fourth-order valence-corrected chi connectivity index (χ4v) is 4.79. The van der Waals surface area contributed by atoms with Crippen molar-refractivity contribution in [2.24, 2.45) is 0 Å². The van der Waals surface area contributed by atoms with Crippen LogP contribution in [0, 0.1) is 13.8 Å². The standard InChI is InChI=1S/C28H49Cl/c1-5-6-7-8-9-10-11-12-13-14-15-16-17-18-19-20-24-28(4,29)27-23-21-22-25(2)26(27)3/h21-23H,5-20,24H2,1-4H3. The largest absolute Gasteiger partial charge is 0.114 e. The molecule has 0 radical (unpaired) electrons. The molecule has 0 saturated carbocycles. The van der Waals surface area contributed by atoms with Crippen LogP contribution in [0.2, 0.25) is 0 Å². The highest BCUT2D eigenvalue weighted by atomic mass is 35.5. The zero-order valence-electron chi connectivity index (χ0n) is 20.1. The van der Waals surface area contributed by atoms with Crippen LogP contribution in [0.1, 0.15) is 140 Å². The minimum Gasteiger partial charge on any atom is -0.114 e. The average molecular weight is 421 g/mol. The maximum Gasteiger partial charge on any atom is 0.0669 e. The van der Waals surface area contributed by atoms with Crippen molar-refractivity contribution in [1.29, 1.82) is 0 Å². The van der Waals surface area contributed by atoms with E-state index in [1.807, 2.05) is 0 Å². The van der Waals surface area contributed by atoms with Gasteiger partial charge in [0.15, 0.2) is 0 Å². The summed E-state index contributed by atoms with van der Waals surface area (Å²) in [6.07, 6.45) is 23.7. The van der Waals surface area contributed by atoms with Crippen LogP contribution in [-0.4, -0.2) is 0 Å². The molecule has 0 aliphatic rings. The Morgan fingerprint density at radius 1 is 0.655 bits per heavy atom. The van der Waals surface area contributed by atoms with Crippen LogP contribution >= 0.6 is 11.6 Å². The second-order valence-electron chi connectivity index (χ2n) is 9.50. The van der Waals surface area contributed by atoms with Gasteiger partial charge in [0.1, 0.15) is 0 Å². The predicted molar refractivity (Wildman–Crippen MR) is 133 cm³/mol. The number of unbranched alkanes of at least 4 members (excludes halogenated alkanes) is 15. The lowest BCUT2D eigenvalue weighted by atomic mass is 9.89. The molecule has 0 aromatic heterocycles. The molecular weight excluding hydrogens is 372 g/mol. The predicted octanol–water partition coefficient (Wildman–Crippen LogP) is 10.4. The second-order valence-corrected chi connectivity index (χ2v) is 10.3. The molecule has 1 aromatic carbocycles. The molecule has 0 aliphatic carbocycles. The Kier molecular flexibility index (Phi) is 14.9. The van der Waals surface area contributed by atoms with Gasteiger partial charge in [0.25, 0.3) is 0 Å². The van der Waals surface area contributed by atoms with Crippen LogP contribution in [0.4, 0.5) is 0 Å². The highest BCUT2D eigenvalue weighted by Crippen LogP contribution is 2.37. The van der Waals surface area contributed by atoms with Crippen molar-refractivity contribution in [3.8, 4) is 0 Å². The van der Waals surface area contributed by atoms with Crippen LogP contribution in [0.25, 0.3) is 0 Å². The van der Waals surface area contributed by atoms with E-state index < -0.39 is 0 Å². The van der Waals surface area contributed by atoms with Gasteiger partial charge in [-0.3, -0.25) is 0 Å². The van der Waals surface area contributed by atoms with Crippen molar-refractivity contribution >= 4 is 11.6 Å². The topological polar surface area (TPSA) is 0 Å². The van der Waals surface area contributed by atoms with Crippen molar-refractivity contribution in [2.45, 2.75) is 142 Å². The van der Waals surface area contributed by atoms with Crippen LogP contribution in [0.3, 0.4) is 0 Å². The highest BCUT2D eigenvalue weighted by molar-refractivity contribution is 6.23. The second kappa shape index (κ2) is 16.2. The summed E-state index contributed by atoms with van der Waals surface area (Å²) >= 11 is 6.90. The van der Waals surface area contributed by atoms with Crippen molar-refractivity contribution < 1.29 is 0 Å². The Hall–Kier alpha value is -0.490. The number of hydrogen-bond acceptors (Lipinski definition) is 0. The van der Waals surface area contributed by atoms with Crippen LogP contribution in [0.15, 0.2) is 18.2 Å². The third kappa shape index (κ3) is 12.1. The summed E-state index contributed by atoms with van der Waals surface area (Å²) in [6.45, 7) is 8.88. The molecule has 0 saturated heterocycles. The van der Waals surface area contributed by atoms with Gasteiger partial charge in [-0.05, 0) is 43.9 Å². The third-order valence-corrected chi connectivity index (χ3v) is 7.06. The van der Waals surface area contributed by atoms with E-state index in [0.717, 1.165) is 6.42 Å². The summed E-state index contributed by atoms with van der Waals surface area (Å²) in [4.78, 5) is -0.216. The number of halogens is 1. The van der Waals surface area contributed by atoms with Crippen LogP contribution < -0.4 is 0 Å².